The fourth-order valence-corrected chi connectivity index (χ4v) is 6.66. The van der Waals surface area contributed by atoms with Crippen LogP contribution >= 0.6 is 11.3 Å². The highest BCUT2D eigenvalue weighted by Crippen LogP contribution is 2.34. The summed E-state index contributed by atoms with van der Waals surface area (Å²) in [5.74, 6) is 0.628. The molecule has 0 saturated carbocycles. The Labute approximate surface area is 175 Å². The molecule has 0 saturated heterocycles. The van der Waals surface area contributed by atoms with Crippen molar-refractivity contribution in [2.75, 3.05) is 11.4 Å². The lowest BCUT2D eigenvalue weighted by molar-refractivity contribution is 0.448. The fourth-order valence-electron chi connectivity index (χ4n) is 4.01. The largest absolute Gasteiger partial charge is 0.289 e. The van der Waals surface area contributed by atoms with E-state index in [1.54, 1.807) is 48.7 Å². The van der Waals surface area contributed by atoms with Crippen molar-refractivity contribution in [2.24, 2.45) is 5.92 Å². The quantitative estimate of drug-likeness (QED) is 0.594. The van der Waals surface area contributed by atoms with Crippen molar-refractivity contribution in [3.63, 3.8) is 0 Å². The standard InChI is InChI=1S/C23H25NO3S2/c1-4-16-8-10-19-21(13-16)28-22-14-17(9-11-20(22)23(19)25)24(3)29(26,27)18-7-5-6-15(2)12-18/h5-7,9,11-12,14,16H,4,8,10,13H2,1-3H3. The van der Waals surface area contributed by atoms with Gasteiger partial charge < -0.3 is 0 Å². The van der Waals surface area contributed by atoms with Gasteiger partial charge in [-0.15, -0.1) is 11.3 Å². The zero-order valence-electron chi connectivity index (χ0n) is 16.9. The summed E-state index contributed by atoms with van der Waals surface area (Å²) in [7, 11) is -2.10. The van der Waals surface area contributed by atoms with Gasteiger partial charge >= 0.3 is 0 Å². The van der Waals surface area contributed by atoms with Gasteiger partial charge in [0.15, 0.2) is 5.43 Å². The summed E-state index contributed by atoms with van der Waals surface area (Å²) in [4.78, 5) is 14.4. The molecule has 4 nitrogen and oxygen atoms in total. The molecule has 1 aromatic heterocycles. The fraction of sp³-hybridized carbons (Fsp3) is 0.348. The van der Waals surface area contributed by atoms with Crippen LogP contribution in [0.3, 0.4) is 0 Å². The monoisotopic (exact) mass is 427 g/mol. The van der Waals surface area contributed by atoms with Crippen LogP contribution in [0.2, 0.25) is 0 Å². The second-order valence-corrected chi connectivity index (χ2v) is 10.9. The molecule has 1 heterocycles. The normalized spacial score (nSPS) is 16.6. The molecule has 0 spiro atoms. The number of rotatable bonds is 4. The highest BCUT2D eigenvalue weighted by Gasteiger charge is 2.24. The number of fused-ring (bicyclic) bond motifs is 2. The number of anilines is 1. The average Bonchev–Trinajstić information content (AvgIpc) is 2.72. The summed E-state index contributed by atoms with van der Waals surface area (Å²) < 4.78 is 28.3. The Morgan fingerprint density at radius 1 is 1.17 bits per heavy atom. The van der Waals surface area contributed by atoms with Crippen molar-refractivity contribution in [3.8, 4) is 0 Å². The SMILES string of the molecule is CCC1CCc2c(sc3cc(N(C)S(=O)(=O)c4cccc(C)c4)ccc3c2=O)C1. The van der Waals surface area contributed by atoms with Crippen LogP contribution in [0.5, 0.6) is 0 Å². The second-order valence-electron chi connectivity index (χ2n) is 7.82. The summed E-state index contributed by atoms with van der Waals surface area (Å²) in [6.07, 6.45) is 3.99. The molecule has 29 heavy (non-hydrogen) atoms. The van der Waals surface area contributed by atoms with Crippen LogP contribution in [0.1, 0.15) is 35.8 Å². The first kappa shape index (κ1) is 20.1. The molecule has 4 rings (SSSR count). The van der Waals surface area contributed by atoms with Gasteiger partial charge in [0, 0.05) is 27.6 Å². The number of hydrogen-bond acceptors (Lipinski definition) is 4. The lowest BCUT2D eigenvalue weighted by Crippen LogP contribution is -2.26. The first-order valence-corrected chi connectivity index (χ1v) is 12.2. The van der Waals surface area contributed by atoms with Crippen LogP contribution in [-0.2, 0) is 22.9 Å². The van der Waals surface area contributed by atoms with Crippen molar-refractivity contribution in [1.82, 2.24) is 0 Å². The molecule has 1 aliphatic carbocycles. The van der Waals surface area contributed by atoms with E-state index in [0.29, 0.717) is 17.0 Å². The maximum absolute atomic E-state index is 13.1. The van der Waals surface area contributed by atoms with Gasteiger partial charge in [-0.05, 0) is 68.0 Å². The minimum atomic E-state index is -3.66. The molecule has 0 aliphatic heterocycles. The molecule has 1 aliphatic rings. The summed E-state index contributed by atoms with van der Waals surface area (Å²) in [5.41, 5.74) is 2.53. The third kappa shape index (κ3) is 3.60. The van der Waals surface area contributed by atoms with Gasteiger partial charge in [0.25, 0.3) is 10.0 Å². The Morgan fingerprint density at radius 3 is 2.69 bits per heavy atom. The van der Waals surface area contributed by atoms with Crippen LogP contribution < -0.4 is 9.73 Å². The van der Waals surface area contributed by atoms with E-state index in [9.17, 15) is 13.2 Å². The molecular weight excluding hydrogens is 402 g/mol. The van der Waals surface area contributed by atoms with Crippen LogP contribution in [0.15, 0.2) is 52.2 Å². The maximum Gasteiger partial charge on any atom is 0.264 e. The lowest BCUT2D eigenvalue weighted by Gasteiger charge is -2.23. The summed E-state index contributed by atoms with van der Waals surface area (Å²) in [6, 6.07) is 12.3. The van der Waals surface area contributed by atoms with Crippen molar-refractivity contribution in [1.29, 1.82) is 0 Å². The molecular formula is C23H25NO3S2. The summed E-state index contributed by atoms with van der Waals surface area (Å²) in [6.45, 7) is 4.07. The lowest BCUT2D eigenvalue weighted by atomic mass is 9.87. The minimum absolute atomic E-state index is 0.110. The number of benzene rings is 2. The Kier molecular flexibility index (Phi) is 5.25. The van der Waals surface area contributed by atoms with Crippen LogP contribution in [-0.4, -0.2) is 15.5 Å². The van der Waals surface area contributed by atoms with Crippen molar-refractivity contribution in [2.45, 2.75) is 44.4 Å². The van der Waals surface area contributed by atoms with E-state index >= 15 is 0 Å². The topological polar surface area (TPSA) is 54.5 Å². The second kappa shape index (κ2) is 7.58. The smallest absolute Gasteiger partial charge is 0.264 e. The highest BCUT2D eigenvalue weighted by atomic mass is 32.2. The summed E-state index contributed by atoms with van der Waals surface area (Å²) in [5, 5.41) is 0.689. The Morgan fingerprint density at radius 2 is 1.97 bits per heavy atom. The Hall–Kier alpha value is -2.18. The molecule has 6 heteroatoms. The predicted molar refractivity (Wildman–Crippen MR) is 121 cm³/mol. The van der Waals surface area contributed by atoms with E-state index in [1.807, 2.05) is 19.1 Å². The molecule has 3 aromatic rings. The van der Waals surface area contributed by atoms with Gasteiger partial charge in [0.05, 0.1) is 10.6 Å². The van der Waals surface area contributed by atoms with Gasteiger partial charge in [-0.3, -0.25) is 9.10 Å². The van der Waals surface area contributed by atoms with Gasteiger partial charge in [0.2, 0.25) is 0 Å². The number of aryl methyl sites for hydroxylation is 1. The zero-order chi connectivity index (χ0) is 20.8. The van der Waals surface area contributed by atoms with Crippen molar-refractivity contribution >= 4 is 37.1 Å². The zero-order valence-corrected chi connectivity index (χ0v) is 18.6. The van der Waals surface area contributed by atoms with E-state index in [-0.39, 0.29) is 10.3 Å². The number of sulfonamides is 1. The van der Waals surface area contributed by atoms with E-state index in [0.717, 1.165) is 41.5 Å². The first-order chi connectivity index (χ1) is 13.8. The molecule has 0 N–H and O–H groups in total. The number of nitrogens with zero attached hydrogens (tertiary/aromatic N) is 1. The van der Waals surface area contributed by atoms with E-state index < -0.39 is 10.0 Å². The minimum Gasteiger partial charge on any atom is -0.289 e. The predicted octanol–water partition coefficient (Wildman–Crippen LogP) is 4.91. The molecule has 0 amide bonds. The molecule has 0 radical (unpaired) electrons. The van der Waals surface area contributed by atoms with Gasteiger partial charge in [-0.25, -0.2) is 8.42 Å². The first-order valence-electron chi connectivity index (χ1n) is 9.95. The van der Waals surface area contributed by atoms with Crippen LogP contribution in [0.4, 0.5) is 5.69 Å². The van der Waals surface area contributed by atoms with Crippen LogP contribution in [0, 0.1) is 12.8 Å². The van der Waals surface area contributed by atoms with Crippen LogP contribution in [0.25, 0.3) is 10.1 Å². The van der Waals surface area contributed by atoms with Gasteiger partial charge in [0.1, 0.15) is 0 Å². The Balaban J connectivity index is 1.78. The molecule has 1 unspecified atom stereocenters. The Bertz CT molecular complexity index is 1240. The van der Waals surface area contributed by atoms with E-state index in [4.69, 9.17) is 0 Å². The van der Waals surface area contributed by atoms with Gasteiger partial charge in [-0.2, -0.15) is 0 Å². The highest BCUT2D eigenvalue weighted by molar-refractivity contribution is 7.92. The van der Waals surface area contributed by atoms with E-state index in [2.05, 4.69) is 6.92 Å². The molecule has 1 atom stereocenters. The molecule has 0 bridgehead atoms. The van der Waals surface area contributed by atoms with E-state index in [1.165, 1.54) is 9.18 Å². The number of hydrogen-bond donors (Lipinski definition) is 0. The molecule has 2 aromatic carbocycles. The third-order valence-electron chi connectivity index (χ3n) is 5.92. The summed E-state index contributed by atoms with van der Waals surface area (Å²) >= 11 is 1.64. The third-order valence-corrected chi connectivity index (χ3v) is 8.92. The molecule has 152 valence electrons. The maximum atomic E-state index is 13.1. The average molecular weight is 428 g/mol. The van der Waals surface area contributed by atoms with Crippen molar-refractivity contribution < 1.29 is 8.42 Å². The molecule has 0 fully saturated rings. The van der Waals surface area contributed by atoms with Crippen molar-refractivity contribution in [3.05, 3.63) is 68.7 Å². The van der Waals surface area contributed by atoms with Gasteiger partial charge in [-0.1, -0.05) is 25.5 Å².